The van der Waals surface area contributed by atoms with E-state index < -0.39 is 0 Å². The molecule has 0 atom stereocenters. The summed E-state index contributed by atoms with van der Waals surface area (Å²) in [5, 5.41) is 0. The van der Waals surface area contributed by atoms with Crippen molar-refractivity contribution in [3.63, 3.8) is 0 Å². The lowest BCUT2D eigenvalue weighted by Gasteiger charge is -2.09. The van der Waals surface area contributed by atoms with Gasteiger partial charge in [-0.2, -0.15) is 0 Å². The van der Waals surface area contributed by atoms with E-state index in [1.807, 2.05) is 18.2 Å². The molecule has 2 aromatic rings. The van der Waals surface area contributed by atoms with E-state index in [-0.39, 0.29) is 0 Å². The van der Waals surface area contributed by atoms with Crippen LogP contribution in [-0.2, 0) is 6.61 Å². The van der Waals surface area contributed by atoms with Crippen LogP contribution >= 0.6 is 22.6 Å². The number of hydrogen-bond acceptors (Lipinski definition) is 1. The second-order valence-corrected chi connectivity index (χ2v) is 5.78. The first kappa shape index (κ1) is 13.4. The van der Waals surface area contributed by atoms with Gasteiger partial charge in [0, 0.05) is 0 Å². The van der Waals surface area contributed by atoms with Crippen molar-refractivity contribution in [1.82, 2.24) is 0 Å². The summed E-state index contributed by atoms with van der Waals surface area (Å²) in [6.07, 6.45) is 0. The molecule has 0 spiro atoms. The zero-order valence-corrected chi connectivity index (χ0v) is 12.8. The Morgan fingerprint density at radius 2 is 1.67 bits per heavy atom. The van der Waals surface area contributed by atoms with Crippen LogP contribution < -0.4 is 4.74 Å². The molecule has 0 heterocycles. The number of halogens is 1. The van der Waals surface area contributed by atoms with Crippen molar-refractivity contribution in [3.8, 4) is 5.75 Å². The zero-order chi connectivity index (χ0) is 13.0. The van der Waals surface area contributed by atoms with Crippen molar-refractivity contribution in [2.75, 3.05) is 0 Å². The van der Waals surface area contributed by atoms with Crippen LogP contribution in [0, 0.1) is 3.57 Å². The normalized spacial score (nSPS) is 10.7. The minimum absolute atomic E-state index is 0.579. The Bertz CT molecular complexity index is 503. The van der Waals surface area contributed by atoms with Gasteiger partial charge in [-0.05, 0) is 51.8 Å². The van der Waals surface area contributed by atoms with Gasteiger partial charge in [0.1, 0.15) is 12.4 Å². The summed E-state index contributed by atoms with van der Waals surface area (Å²) in [5.74, 6) is 1.53. The Balaban J connectivity index is 2.00. The van der Waals surface area contributed by atoms with Crippen LogP contribution in [0.4, 0.5) is 0 Å². The third kappa shape index (κ3) is 3.48. The highest BCUT2D eigenvalue weighted by Gasteiger charge is 2.01. The molecule has 0 aromatic heterocycles. The third-order valence-electron chi connectivity index (χ3n) is 2.88. The molecule has 2 heteroatoms. The minimum atomic E-state index is 0.579. The lowest BCUT2D eigenvalue weighted by molar-refractivity contribution is 0.304. The van der Waals surface area contributed by atoms with Crippen LogP contribution in [0.15, 0.2) is 48.5 Å². The fourth-order valence-electron chi connectivity index (χ4n) is 1.72. The number of rotatable bonds is 4. The zero-order valence-electron chi connectivity index (χ0n) is 10.7. The summed E-state index contributed by atoms with van der Waals surface area (Å²) in [6, 6.07) is 16.7. The predicted octanol–water partition coefficient (Wildman–Crippen LogP) is 4.99. The number of hydrogen-bond donors (Lipinski definition) is 0. The van der Waals surface area contributed by atoms with Gasteiger partial charge in [-0.3, -0.25) is 0 Å². The van der Waals surface area contributed by atoms with Crippen LogP contribution in [0.2, 0.25) is 0 Å². The summed E-state index contributed by atoms with van der Waals surface area (Å²) in [7, 11) is 0. The average molecular weight is 352 g/mol. The van der Waals surface area contributed by atoms with Gasteiger partial charge in [0.2, 0.25) is 0 Å². The largest absolute Gasteiger partial charge is 0.488 e. The first-order valence-electron chi connectivity index (χ1n) is 6.13. The molecule has 2 aromatic carbocycles. The maximum atomic E-state index is 5.82. The van der Waals surface area contributed by atoms with E-state index in [1.165, 1.54) is 11.1 Å². The van der Waals surface area contributed by atoms with Crippen LogP contribution in [0.5, 0.6) is 5.75 Å². The van der Waals surface area contributed by atoms with E-state index in [9.17, 15) is 0 Å². The van der Waals surface area contributed by atoms with Crippen LogP contribution in [-0.4, -0.2) is 0 Å². The SMILES string of the molecule is CC(C)c1ccc(COc2ccccc2I)cc1. The van der Waals surface area contributed by atoms with E-state index in [4.69, 9.17) is 4.74 Å². The fraction of sp³-hybridized carbons (Fsp3) is 0.250. The Hall–Kier alpha value is -1.03. The second kappa shape index (κ2) is 6.23. The van der Waals surface area contributed by atoms with E-state index in [0.717, 1.165) is 9.32 Å². The molecule has 0 aliphatic rings. The maximum Gasteiger partial charge on any atom is 0.133 e. The standard InChI is InChI=1S/C16H17IO/c1-12(2)14-9-7-13(8-10-14)11-18-16-6-4-3-5-15(16)17/h3-10,12H,11H2,1-2H3. The molecule has 0 fully saturated rings. The van der Waals surface area contributed by atoms with Crippen molar-refractivity contribution < 1.29 is 4.74 Å². The van der Waals surface area contributed by atoms with Gasteiger partial charge in [-0.1, -0.05) is 50.2 Å². The fourth-order valence-corrected chi connectivity index (χ4v) is 2.26. The Labute approximate surface area is 122 Å². The molecule has 0 aliphatic carbocycles. The van der Waals surface area contributed by atoms with Gasteiger partial charge in [0.05, 0.1) is 3.57 Å². The van der Waals surface area contributed by atoms with Gasteiger partial charge in [0.25, 0.3) is 0 Å². The molecule has 1 nitrogen and oxygen atoms in total. The molecule has 0 saturated heterocycles. The van der Waals surface area contributed by atoms with Gasteiger partial charge >= 0.3 is 0 Å². The molecule has 0 radical (unpaired) electrons. The van der Waals surface area contributed by atoms with Crippen molar-refractivity contribution in [3.05, 3.63) is 63.2 Å². The van der Waals surface area contributed by atoms with E-state index in [0.29, 0.717) is 12.5 Å². The summed E-state index contributed by atoms with van der Waals surface area (Å²) >= 11 is 2.29. The molecule has 2 rings (SSSR count). The van der Waals surface area contributed by atoms with Crippen LogP contribution in [0.25, 0.3) is 0 Å². The molecular formula is C16H17IO. The highest BCUT2D eigenvalue weighted by atomic mass is 127. The molecule has 94 valence electrons. The molecule has 0 bridgehead atoms. The van der Waals surface area contributed by atoms with Gasteiger partial charge in [-0.15, -0.1) is 0 Å². The van der Waals surface area contributed by atoms with Crippen molar-refractivity contribution in [1.29, 1.82) is 0 Å². The van der Waals surface area contributed by atoms with Crippen molar-refractivity contribution in [2.45, 2.75) is 26.4 Å². The van der Waals surface area contributed by atoms with E-state index >= 15 is 0 Å². The number of benzene rings is 2. The first-order valence-corrected chi connectivity index (χ1v) is 7.21. The Kier molecular flexibility index (Phi) is 4.64. The lowest BCUT2D eigenvalue weighted by Crippen LogP contribution is -1.97. The second-order valence-electron chi connectivity index (χ2n) is 4.62. The summed E-state index contributed by atoms with van der Waals surface area (Å²) in [6.45, 7) is 5.04. The monoisotopic (exact) mass is 352 g/mol. The van der Waals surface area contributed by atoms with Gasteiger partial charge < -0.3 is 4.74 Å². The van der Waals surface area contributed by atoms with Gasteiger partial charge in [-0.25, -0.2) is 0 Å². The van der Waals surface area contributed by atoms with Crippen molar-refractivity contribution >= 4 is 22.6 Å². The van der Waals surface area contributed by atoms with Crippen LogP contribution in [0.3, 0.4) is 0 Å². The molecule has 0 amide bonds. The maximum absolute atomic E-state index is 5.82. The highest BCUT2D eigenvalue weighted by molar-refractivity contribution is 14.1. The van der Waals surface area contributed by atoms with Gasteiger partial charge in [0.15, 0.2) is 0 Å². The van der Waals surface area contributed by atoms with Crippen LogP contribution in [0.1, 0.15) is 30.9 Å². The molecule has 0 N–H and O–H groups in total. The number of ether oxygens (including phenoxy) is 1. The third-order valence-corrected chi connectivity index (χ3v) is 3.77. The molecule has 0 aliphatic heterocycles. The topological polar surface area (TPSA) is 9.23 Å². The van der Waals surface area contributed by atoms with E-state index in [1.54, 1.807) is 0 Å². The molecule has 0 unspecified atom stereocenters. The highest BCUT2D eigenvalue weighted by Crippen LogP contribution is 2.21. The molecule has 18 heavy (non-hydrogen) atoms. The Morgan fingerprint density at radius 1 is 1.00 bits per heavy atom. The van der Waals surface area contributed by atoms with Crippen molar-refractivity contribution in [2.24, 2.45) is 0 Å². The smallest absolute Gasteiger partial charge is 0.133 e. The minimum Gasteiger partial charge on any atom is -0.488 e. The average Bonchev–Trinajstić information content (AvgIpc) is 2.38. The quantitative estimate of drug-likeness (QED) is 0.704. The predicted molar refractivity (Wildman–Crippen MR) is 84.0 cm³/mol. The Morgan fingerprint density at radius 3 is 2.28 bits per heavy atom. The molecule has 0 saturated carbocycles. The summed E-state index contributed by atoms with van der Waals surface area (Å²) < 4.78 is 6.96. The summed E-state index contributed by atoms with van der Waals surface area (Å²) in [5.41, 5.74) is 2.58. The number of para-hydroxylation sites is 1. The summed E-state index contributed by atoms with van der Waals surface area (Å²) in [4.78, 5) is 0. The van der Waals surface area contributed by atoms with E-state index in [2.05, 4.69) is 66.8 Å². The molecular weight excluding hydrogens is 335 g/mol. The lowest BCUT2D eigenvalue weighted by atomic mass is 10.0. The first-order chi connectivity index (χ1) is 8.66.